The van der Waals surface area contributed by atoms with Crippen LogP contribution in [0.1, 0.15) is 24.4 Å². The molecule has 2 nitrogen and oxygen atoms in total. The second-order valence-electron chi connectivity index (χ2n) is 4.50. The van der Waals surface area contributed by atoms with E-state index in [0.29, 0.717) is 12.6 Å². The summed E-state index contributed by atoms with van der Waals surface area (Å²) >= 11 is 0. The van der Waals surface area contributed by atoms with E-state index in [-0.39, 0.29) is 0 Å². The molecule has 0 aliphatic carbocycles. The molecule has 1 unspecified atom stereocenters. The highest BCUT2D eigenvalue weighted by atomic mass is 15.2. The third kappa shape index (κ3) is 3.33. The summed E-state index contributed by atoms with van der Waals surface area (Å²) in [5.41, 5.74) is 1.39. The first-order chi connectivity index (χ1) is 8.42. The number of rotatable bonds is 5. The number of benzene rings is 1. The van der Waals surface area contributed by atoms with Crippen molar-refractivity contribution in [1.82, 2.24) is 10.2 Å². The van der Waals surface area contributed by atoms with E-state index in [9.17, 15) is 0 Å². The van der Waals surface area contributed by atoms with E-state index in [1.807, 2.05) is 0 Å². The van der Waals surface area contributed by atoms with Crippen molar-refractivity contribution in [1.29, 1.82) is 0 Å². The second-order valence-corrected chi connectivity index (χ2v) is 4.50. The molecule has 2 heteroatoms. The summed E-state index contributed by atoms with van der Waals surface area (Å²) in [5, 5.41) is 3.33. The van der Waals surface area contributed by atoms with Gasteiger partial charge in [0.15, 0.2) is 0 Å². The Labute approximate surface area is 104 Å². The molecule has 1 aromatic rings. The standard InChI is InChI=1S/C15H20N2/c1-2-10-16-13-15(17-11-6-7-12-17)14-8-4-3-5-9-14/h1,3-5,8-9,15-16H,6-7,10-13H2. The minimum Gasteiger partial charge on any atom is -0.304 e. The lowest BCUT2D eigenvalue weighted by molar-refractivity contribution is 0.241. The van der Waals surface area contributed by atoms with Crippen LogP contribution in [0.2, 0.25) is 0 Å². The lowest BCUT2D eigenvalue weighted by atomic mass is 10.1. The molecule has 1 atom stereocenters. The summed E-state index contributed by atoms with van der Waals surface area (Å²) in [5.74, 6) is 2.64. The van der Waals surface area contributed by atoms with Gasteiger partial charge < -0.3 is 5.32 Å². The highest BCUT2D eigenvalue weighted by Gasteiger charge is 2.22. The molecule has 90 valence electrons. The number of hydrogen-bond donors (Lipinski definition) is 1. The van der Waals surface area contributed by atoms with E-state index in [1.54, 1.807) is 0 Å². The summed E-state index contributed by atoms with van der Waals surface area (Å²) in [4.78, 5) is 2.55. The van der Waals surface area contributed by atoms with Gasteiger partial charge in [-0.25, -0.2) is 0 Å². The van der Waals surface area contributed by atoms with E-state index in [1.165, 1.54) is 31.5 Å². The van der Waals surface area contributed by atoms with Gasteiger partial charge in [-0.1, -0.05) is 36.3 Å². The van der Waals surface area contributed by atoms with Crippen LogP contribution in [0, 0.1) is 12.3 Å². The van der Waals surface area contributed by atoms with Gasteiger partial charge in [-0.3, -0.25) is 4.90 Å². The van der Waals surface area contributed by atoms with Crippen LogP contribution in [0.5, 0.6) is 0 Å². The zero-order valence-corrected chi connectivity index (χ0v) is 10.2. The topological polar surface area (TPSA) is 15.3 Å². The van der Waals surface area contributed by atoms with Gasteiger partial charge in [-0.05, 0) is 31.5 Å². The van der Waals surface area contributed by atoms with E-state index >= 15 is 0 Å². The van der Waals surface area contributed by atoms with Crippen molar-refractivity contribution in [2.75, 3.05) is 26.2 Å². The van der Waals surface area contributed by atoms with E-state index in [4.69, 9.17) is 6.42 Å². The number of terminal acetylenes is 1. The van der Waals surface area contributed by atoms with Gasteiger partial charge in [0.05, 0.1) is 6.54 Å². The van der Waals surface area contributed by atoms with Gasteiger partial charge in [0.1, 0.15) is 0 Å². The van der Waals surface area contributed by atoms with Crippen LogP contribution < -0.4 is 5.32 Å². The SMILES string of the molecule is C#CCNCC(c1ccccc1)N1CCCC1. The maximum Gasteiger partial charge on any atom is 0.0574 e. The molecule has 1 N–H and O–H groups in total. The maximum absolute atomic E-state index is 5.28. The minimum absolute atomic E-state index is 0.465. The molecule has 0 spiro atoms. The largest absolute Gasteiger partial charge is 0.304 e. The summed E-state index contributed by atoms with van der Waals surface area (Å²) in [6.07, 6.45) is 7.92. The molecule has 2 rings (SSSR count). The highest BCUT2D eigenvalue weighted by molar-refractivity contribution is 5.19. The molecule has 0 bridgehead atoms. The first-order valence-corrected chi connectivity index (χ1v) is 6.35. The quantitative estimate of drug-likeness (QED) is 0.613. The summed E-state index contributed by atoms with van der Waals surface area (Å²) in [6, 6.07) is 11.2. The van der Waals surface area contributed by atoms with E-state index in [0.717, 1.165) is 6.54 Å². The molecule has 1 heterocycles. The predicted molar refractivity (Wildman–Crippen MR) is 71.7 cm³/mol. The van der Waals surface area contributed by atoms with Gasteiger partial charge >= 0.3 is 0 Å². The summed E-state index contributed by atoms with van der Waals surface area (Å²) in [7, 11) is 0. The minimum atomic E-state index is 0.465. The monoisotopic (exact) mass is 228 g/mol. The Balaban J connectivity index is 2.04. The van der Waals surface area contributed by atoms with Crippen LogP contribution in [-0.4, -0.2) is 31.1 Å². The fourth-order valence-corrected chi connectivity index (χ4v) is 2.47. The molecule has 0 radical (unpaired) electrons. The van der Waals surface area contributed by atoms with Gasteiger partial charge in [-0.15, -0.1) is 6.42 Å². The van der Waals surface area contributed by atoms with Crippen molar-refractivity contribution in [3.8, 4) is 12.3 Å². The first-order valence-electron chi connectivity index (χ1n) is 6.35. The Kier molecular flexibility index (Phi) is 4.61. The third-order valence-corrected chi connectivity index (χ3v) is 3.33. The average Bonchev–Trinajstić information content (AvgIpc) is 2.89. The molecule has 0 saturated carbocycles. The van der Waals surface area contributed by atoms with Crippen molar-refractivity contribution in [3.05, 3.63) is 35.9 Å². The molecule has 0 amide bonds. The Hall–Kier alpha value is -1.30. The predicted octanol–water partition coefficient (Wildman–Crippen LogP) is 2.05. The number of nitrogens with one attached hydrogen (secondary N) is 1. The van der Waals surface area contributed by atoms with Crippen LogP contribution in [0.3, 0.4) is 0 Å². The molecule has 1 aliphatic heterocycles. The Morgan fingerprint density at radius 2 is 1.94 bits per heavy atom. The van der Waals surface area contributed by atoms with Gasteiger partial charge in [0, 0.05) is 12.6 Å². The molecule has 1 saturated heterocycles. The maximum atomic E-state index is 5.28. The number of nitrogens with zero attached hydrogens (tertiary/aromatic N) is 1. The fraction of sp³-hybridized carbons (Fsp3) is 0.467. The lowest BCUT2D eigenvalue weighted by Crippen LogP contribution is -2.34. The van der Waals surface area contributed by atoms with Crippen molar-refractivity contribution in [2.24, 2.45) is 0 Å². The van der Waals surface area contributed by atoms with Crippen LogP contribution in [-0.2, 0) is 0 Å². The molecule has 1 aromatic carbocycles. The summed E-state index contributed by atoms with van der Waals surface area (Å²) < 4.78 is 0. The zero-order chi connectivity index (χ0) is 11.9. The van der Waals surface area contributed by atoms with E-state index < -0.39 is 0 Å². The average molecular weight is 228 g/mol. The molecular weight excluding hydrogens is 208 g/mol. The van der Waals surface area contributed by atoms with Crippen LogP contribution in [0.25, 0.3) is 0 Å². The Morgan fingerprint density at radius 3 is 2.59 bits per heavy atom. The zero-order valence-electron chi connectivity index (χ0n) is 10.2. The number of likely N-dealkylation sites (tertiary alicyclic amines) is 1. The molecule has 17 heavy (non-hydrogen) atoms. The van der Waals surface area contributed by atoms with E-state index in [2.05, 4.69) is 46.5 Å². The Bertz CT molecular complexity index is 360. The second kappa shape index (κ2) is 6.44. The van der Waals surface area contributed by atoms with Crippen LogP contribution in [0.4, 0.5) is 0 Å². The fourth-order valence-electron chi connectivity index (χ4n) is 2.47. The van der Waals surface area contributed by atoms with Crippen LogP contribution >= 0.6 is 0 Å². The smallest absolute Gasteiger partial charge is 0.0574 e. The van der Waals surface area contributed by atoms with Crippen molar-refractivity contribution < 1.29 is 0 Å². The van der Waals surface area contributed by atoms with Crippen LogP contribution in [0.15, 0.2) is 30.3 Å². The normalized spacial score (nSPS) is 17.8. The summed E-state index contributed by atoms with van der Waals surface area (Å²) in [6.45, 7) is 4.00. The molecule has 0 aromatic heterocycles. The Morgan fingerprint density at radius 1 is 1.24 bits per heavy atom. The van der Waals surface area contributed by atoms with Crippen molar-refractivity contribution >= 4 is 0 Å². The third-order valence-electron chi connectivity index (χ3n) is 3.33. The number of hydrogen-bond acceptors (Lipinski definition) is 2. The lowest BCUT2D eigenvalue weighted by Gasteiger charge is -2.28. The first kappa shape index (κ1) is 12.2. The molecule has 1 fully saturated rings. The van der Waals surface area contributed by atoms with Gasteiger partial charge in [-0.2, -0.15) is 0 Å². The molecular formula is C15H20N2. The van der Waals surface area contributed by atoms with Crippen molar-refractivity contribution in [2.45, 2.75) is 18.9 Å². The molecule has 1 aliphatic rings. The highest BCUT2D eigenvalue weighted by Crippen LogP contribution is 2.24. The van der Waals surface area contributed by atoms with Gasteiger partial charge in [0.25, 0.3) is 0 Å². The van der Waals surface area contributed by atoms with Crippen molar-refractivity contribution in [3.63, 3.8) is 0 Å². The van der Waals surface area contributed by atoms with Gasteiger partial charge in [0.2, 0.25) is 0 Å².